The number of sulfonamides is 1. The molecule has 0 spiro atoms. The molecular weight excluding hydrogens is 359 g/mol. The van der Waals surface area contributed by atoms with Crippen LogP contribution in [0, 0.1) is 5.82 Å². The summed E-state index contributed by atoms with van der Waals surface area (Å²) < 4.78 is 39.9. The largest absolute Gasteiger partial charge is 0.279 e. The molecule has 0 bridgehead atoms. The van der Waals surface area contributed by atoms with Crippen molar-refractivity contribution in [2.75, 3.05) is 4.72 Å². The van der Waals surface area contributed by atoms with Crippen LogP contribution in [0.15, 0.2) is 46.0 Å². The van der Waals surface area contributed by atoms with Gasteiger partial charge >= 0.3 is 0 Å². The molecule has 0 atom stereocenters. The molecule has 1 aromatic heterocycles. The zero-order chi connectivity index (χ0) is 14.0. The standard InChI is InChI=1S/C11H7BrClFN2O2S/c12-8-2-1-7(5-10(8)14)16-19(17,18)11-6-15-4-3-9(11)13/h1-6,16H. The number of aromatic nitrogens is 1. The summed E-state index contributed by atoms with van der Waals surface area (Å²) in [6.45, 7) is 0. The molecule has 0 radical (unpaired) electrons. The Morgan fingerprint density at radius 3 is 2.68 bits per heavy atom. The first kappa shape index (κ1) is 14.2. The van der Waals surface area contributed by atoms with Gasteiger partial charge in [-0.05, 0) is 40.2 Å². The monoisotopic (exact) mass is 364 g/mol. The van der Waals surface area contributed by atoms with Crippen LogP contribution in [0.5, 0.6) is 0 Å². The van der Waals surface area contributed by atoms with Crippen LogP contribution in [0.2, 0.25) is 5.02 Å². The Morgan fingerprint density at radius 2 is 2.05 bits per heavy atom. The van der Waals surface area contributed by atoms with Crippen molar-refractivity contribution >= 4 is 43.2 Å². The second-order valence-corrected chi connectivity index (χ2v) is 6.45. The third kappa shape index (κ3) is 3.23. The molecule has 0 aliphatic carbocycles. The number of hydrogen-bond donors (Lipinski definition) is 1. The summed E-state index contributed by atoms with van der Waals surface area (Å²) in [5.74, 6) is -0.572. The SMILES string of the molecule is O=S(=O)(Nc1ccc(Br)c(F)c1)c1cnccc1Cl. The van der Waals surface area contributed by atoms with Crippen LogP contribution in [0.4, 0.5) is 10.1 Å². The minimum atomic E-state index is -3.90. The highest BCUT2D eigenvalue weighted by atomic mass is 79.9. The molecule has 8 heteroatoms. The van der Waals surface area contributed by atoms with E-state index in [0.29, 0.717) is 0 Å². The van der Waals surface area contributed by atoms with Crippen LogP contribution in [0.1, 0.15) is 0 Å². The molecule has 1 N–H and O–H groups in total. The first-order valence-electron chi connectivity index (χ1n) is 4.97. The van der Waals surface area contributed by atoms with E-state index in [9.17, 15) is 12.8 Å². The van der Waals surface area contributed by atoms with Crippen molar-refractivity contribution in [3.8, 4) is 0 Å². The number of pyridine rings is 1. The zero-order valence-corrected chi connectivity index (χ0v) is 12.4. The highest BCUT2D eigenvalue weighted by Crippen LogP contribution is 2.24. The Kier molecular flexibility index (Phi) is 4.07. The van der Waals surface area contributed by atoms with E-state index in [0.717, 1.165) is 12.3 Å². The Bertz CT molecular complexity index is 724. The van der Waals surface area contributed by atoms with E-state index in [4.69, 9.17) is 11.6 Å². The van der Waals surface area contributed by atoms with Gasteiger partial charge in [-0.15, -0.1) is 0 Å². The number of benzene rings is 1. The topological polar surface area (TPSA) is 59.1 Å². The number of rotatable bonds is 3. The van der Waals surface area contributed by atoms with Gasteiger partial charge in [-0.1, -0.05) is 11.6 Å². The number of halogens is 3. The molecule has 100 valence electrons. The van der Waals surface area contributed by atoms with Crippen molar-refractivity contribution in [1.29, 1.82) is 0 Å². The molecule has 1 heterocycles. The van der Waals surface area contributed by atoms with E-state index < -0.39 is 15.8 Å². The molecule has 0 saturated heterocycles. The minimum Gasteiger partial charge on any atom is -0.279 e. The molecule has 0 aliphatic rings. The van der Waals surface area contributed by atoms with Gasteiger partial charge in [0, 0.05) is 12.4 Å². The fourth-order valence-corrected chi connectivity index (χ4v) is 3.06. The molecule has 0 unspecified atom stereocenters. The van der Waals surface area contributed by atoms with Crippen LogP contribution in [0.3, 0.4) is 0 Å². The predicted octanol–water partition coefficient (Wildman–Crippen LogP) is 3.44. The van der Waals surface area contributed by atoms with Crippen molar-refractivity contribution < 1.29 is 12.8 Å². The maximum absolute atomic E-state index is 13.3. The molecule has 0 amide bonds. The minimum absolute atomic E-state index is 0.0417. The van der Waals surface area contributed by atoms with E-state index in [1.54, 1.807) is 0 Å². The lowest BCUT2D eigenvalue weighted by atomic mass is 10.3. The number of nitrogens with zero attached hydrogens (tertiary/aromatic N) is 1. The fourth-order valence-electron chi connectivity index (χ4n) is 1.33. The molecule has 4 nitrogen and oxygen atoms in total. The van der Waals surface area contributed by atoms with E-state index in [-0.39, 0.29) is 20.1 Å². The summed E-state index contributed by atoms with van der Waals surface area (Å²) in [5.41, 5.74) is 0.0978. The lowest BCUT2D eigenvalue weighted by Gasteiger charge is -2.09. The second-order valence-electron chi connectivity index (χ2n) is 3.54. The lowest BCUT2D eigenvalue weighted by Crippen LogP contribution is -2.13. The van der Waals surface area contributed by atoms with Gasteiger partial charge in [0.25, 0.3) is 10.0 Å². The quantitative estimate of drug-likeness (QED) is 0.906. The van der Waals surface area contributed by atoms with Gasteiger partial charge < -0.3 is 0 Å². The van der Waals surface area contributed by atoms with Gasteiger partial charge in [0.2, 0.25) is 0 Å². The van der Waals surface area contributed by atoms with Gasteiger partial charge in [0.1, 0.15) is 10.7 Å². The van der Waals surface area contributed by atoms with E-state index >= 15 is 0 Å². The summed E-state index contributed by atoms with van der Waals surface area (Å²) in [5, 5.41) is 0.0417. The summed E-state index contributed by atoms with van der Waals surface area (Å²) in [6.07, 6.45) is 2.50. The first-order valence-corrected chi connectivity index (χ1v) is 7.63. The fraction of sp³-hybridized carbons (Fsp3) is 0. The zero-order valence-electron chi connectivity index (χ0n) is 9.27. The third-order valence-electron chi connectivity index (χ3n) is 2.20. The van der Waals surface area contributed by atoms with Crippen molar-refractivity contribution in [2.24, 2.45) is 0 Å². The van der Waals surface area contributed by atoms with Gasteiger partial charge in [-0.25, -0.2) is 12.8 Å². The van der Waals surface area contributed by atoms with E-state index in [2.05, 4.69) is 25.6 Å². The maximum Gasteiger partial charge on any atom is 0.264 e. The molecule has 0 aliphatic heterocycles. The molecule has 19 heavy (non-hydrogen) atoms. The molecular formula is C11H7BrClFN2O2S. The smallest absolute Gasteiger partial charge is 0.264 e. The van der Waals surface area contributed by atoms with Crippen LogP contribution in [-0.2, 0) is 10.0 Å². The Hall–Kier alpha value is -1.18. The summed E-state index contributed by atoms with van der Waals surface area (Å²) in [6, 6.07) is 5.25. The van der Waals surface area contributed by atoms with Crippen molar-refractivity contribution in [2.45, 2.75) is 4.90 Å². The molecule has 0 fully saturated rings. The number of nitrogens with one attached hydrogen (secondary N) is 1. The van der Waals surface area contributed by atoms with Gasteiger partial charge in [-0.3, -0.25) is 9.71 Å². The average molecular weight is 366 g/mol. The Morgan fingerprint density at radius 1 is 1.32 bits per heavy atom. The third-order valence-corrected chi connectivity index (χ3v) is 4.69. The lowest BCUT2D eigenvalue weighted by molar-refractivity contribution is 0.600. The van der Waals surface area contributed by atoms with Crippen molar-refractivity contribution in [3.63, 3.8) is 0 Å². The molecule has 1 aromatic carbocycles. The summed E-state index contributed by atoms with van der Waals surface area (Å²) in [4.78, 5) is 3.53. The Balaban J connectivity index is 2.37. The second kappa shape index (κ2) is 5.44. The highest BCUT2D eigenvalue weighted by Gasteiger charge is 2.18. The van der Waals surface area contributed by atoms with Crippen molar-refractivity contribution in [1.82, 2.24) is 4.98 Å². The highest BCUT2D eigenvalue weighted by molar-refractivity contribution is 9.10. The van der Waals surface area contributed by atoms with Crippen LogP contribution >= 0.6 is 27.5 Å². The van der Waals surface area contributed by atoms with Crippen LogP contribution in [-0.4, -0.2) is 13.4 Å². The summed E-state index contributed by atoms with van der Waals surface area (Å²) >= 11 is 8.77. The van der Waals surface area contributed by atoms with Crippen LogP contribution < -0.4 is 4.72 Å². The van der Waals surface area contributed by atoms with Gasteiger partial charge in [0.15, 0.2) is 0 Å². The van der Waals surface area contributed by atoms with Crippen LogP contribution in [0.25, 0.3) is 0 Å². The first-order chi connectivity index (χ1) is 8.90. The average Bonchev–Trinajstić information content (AvgIpc) is 2.34. The van der Waals surface area contributed by atoms with E-state index in [1.165, 1.54) is 24.4 Å². The van der Waals surface area contributed by atoms with Crippen molar-refractivity contribution in [3.05, 3.63) is 52.0 Å². The summed E-state index contributed by atoms with van der Waals surface area (Å²) in [7, 11) is -3.90. The number of hydrogen-bond acceptors (Lipinski definition) is 3. The Labute approximate surface area is 122 Å². The van der Waals surface area contributed by atoms with E-state index in [1.807, 2.05) is 0 Å². The predicted molar refractivity (Wildman–Crippen MR) is 74.2 cm³/mol. The van der Waals surface area contributed by atoms with Gasteiger partial charge in [0.05, 0.1) is 15.2 Å². The number of anilines is 1. The molecule has 2 aromatic rings. The molecule has 2 rings (SSSR count). The van der Waals surface area contributed by atoms with Gasteiger partial charge in [-0.2, -0.15) is 0 Å². The molecule has 0 saturated carbocycles. The maximum atomic E-state index is 13.3. The normalized spacial score (nSPS) is 11.3.